The first-order valence-electron chi connectivity index (χ1n) is 9.51. The van der Waals surface area contributed by atoms with E-state index >= 15 is 0 Å². The van der Waals surface area contributed by atoms with Crippen molar-refractivity contribution < 1.29 is 4.79 Å². The molecule has 1 aliphatic rings. The summed E-state index contributed by atoms with van der Waals surface area (Å²) in [4.78, 5) is 32.3. The zero-order valence-corrected chi connectivity index (χ0v) is 16.9. The number of nitrogens with zero attached hydrogens (tertiary/aromatic N) is 3. The maximum absolute atomic E-state index is 13.0. The standard InChI is InChI=1S/C22H23N3O2S/c1-15(20(26)24(2)14-16-8-4-3-5-9-16)28-22-23-19-11-7-6-10-18(19)21(27)25(22)17-12-13-17/h3-11,15,17H,12-14H2,1-2H3/t15-/m1/s1. The number of hydrogen-bond acceptors (Lipinski definition) is 4. The van der Waals surface area contributed by atoms with Gasteiger partial charge in [0.05, 0.1) is 16.2 Å². The number of fused-ring (bicyclic) bond motifs is 1. The Hall–Kier alpha value is -2.60. The largest absolute Gasteiger partial charge is 0.340 e. The number of rotatable bonds is 6. The summed E-state index contributed by atoms with van der Waals surface area (Å²) in [6.07, 6.45) is 1.98. The van der Waals surface area contributed by atoms with E-state index in [0.29, 0.717) is 22.6 Å². The first-order valence-corrected chi connectivity index (χ1v) is 10.4. The van der Waals surface area contributed by atoms with E-state index in [1.165, 1.54) is 11.8 Å². The summed E-state index contributed by atoms with van der Waals surface area (Å²) >= 11 is 1.38. The van der Waals surface area contributed by atoms with Gasteiger partial charge < -0.3 is 4.90 Å². The van der Waals surface area contributed by atoms with Gasteiger partial charge in [0.15, 0.2) is 5.16 Å². The lowest BCUT2D eigenvalue weighted by Gasteiger charge is -2.22. The van der Waals surface area contributed by atoms with Crippen LogP contribution >= 0.6 is 11.8 Å². The molecule has 28 heavy (non-hydrogen) atoms. The molecule has 1 fully saturated rings. The Morgan fingerprint density at radius 3 is 2.57 bits per heavy atom. The first-order chi connectivity index (χ1) is 13.5. The van der Waals surface area contributed by atoms with Crippen LogP contribution in [-0.4, -0.2) is 32.7 Å². The fourth-order valence-electron chi connectivity index (χ4n) is 3.32. The number of hydrogen-bond donors (Lipinski definition) is 0. The summed E-state index contributed by atoms with van der Waals surface area (Å²) in [5.41, 5.74) is 1.77. The molecule has 4 rings (SSSR count). The topological polar surface area (TPSA) is 55.2 Å². The molecule has 0 N–H and O–H groups in total. The Morgan fingerprint density at radius 2 is 1.86 bits per heavy atom. The van der Waals surface area contributed by atoms with Crippen molar-refractivity contribution in [1.82, 2.24) is 14.5 Å². The number of para-hydroxylation sites is 1. The van der Waals surface area contributed by atoms with Gasteiger partial charge in [0.2, 0.25) is 5.91 Å². The monoisotopic (exact) mass is 393 g/mol. The van der Waals surface area contributed by atoms with Gasteiger partial charge in [-0.2, -0.15) is 0 Å². The molecular weight excluding hydrogens is 370 g/mol. The zero-order chi connectivity index (χ0) is 19.7. The van der Waals surface area contributed by atoms with Gasteiger partial charge >= 0.3 is 0 Å². The summed E-state index contributed by atoms with van der Waals surface area (Å²) in [5.74, 6) is 0.0265. The summed E-state index contributed by atoms with van der Waals surface area (Å²) in [5, 5.41) is 0.950. The van der Waals surface area contributed by atoms with Crippen LogP contribution in [0.3, 0.4) is 0 Å². The molecule has 1 saturated carbocycles. The molecule has 1 aliphatic carbocycles. The summed E-state index contributed by atoms with van der Waals surface area (Å²) in [6.45, 7) is 2.44. The molecule has 0 saturated heterocycles. The molecule has 0 unspecified atom stereocenters. The molecule has 3 aromatic rings. The Labute approximate surface area is 168 Å². The van der Waals surface area contributed by atoms with Crippen molar-refractivity contribution in [2.45, 2.75) is 42.8 Å². The van der Waals surface area contributed by atoms with E-state index in [4.69, 9.17) is 4.98 Å². The van der Waals surface area contributed by atoms with E-state index in [0.717, 1.165) is 18.4 Å². The molecule has 1 amide bonds. The van der Waals surface area contributed by atoms with Crippen molar-refractivity contribution in [3.05, 3.63) is 70.5 Å². The minimum atomic E-state index is -0.327. The van der Waals surface area contributed by atoms with Crippen molar-refractivity contribution in [2.24, 2.45) is 0 Å². The average molecular weight is 394 g/mol. The van der Waals surface area contributed by atoms with Gasteiger partial charge in [0.25, 0.3) is 5.56 Å². The van der Waals surface area contributed by atoms with Crippen LogP contribution in [0.4, 0.5) is 0 Å². The predicted molar refractivity (Wildman–Crippen MR) is 113 cm³/mol. The van der Waals surface area contributed by atoms with Gasteiger partial charge in [-0.15, -0.1) is 0 Å². The van der Waals surface area contributed by atoms with E-state index in [1.54, 1.807) is 9.47 Å². The lowest BCUT2D eigenvalue weighted by Crippen LogP contribution is -2.33. The molecule has 1 atom stereocenters. The molecule has 0 bridgehead atoms. The maximum atomic E-state index is 13.0. The van der Waals surface area contributed by atoms with Gasteiger partial charge in [-0.25, -0.2) is 4.98 Å². The van der Waals surface area contributed by atoms with Crippen molar-refractivity contribution in [2.75, 3.05) is 7.05 Å². The summed E-state index contributed by atoms with van der Waals surface area (Å²) in [7, 11) is 1.81. The molecule has 1 aromatic heterocycles. The molecule has 5 nitrogen and oxygen atoms in total. The SMILES string of the molecule is C[C@@H](Sc1nc2ccccc2c(=O)n1C1CC1)C(=O)N(C)Cc1ccccc1. The van der Waals surface area contributed by atoms with Crippen molar-refractivity contribution in [1.29, 1.82) is 0 Å². The van der Waals surface area contributed by atoms with Crippen LogP contribution in [0.1, 0.15) is 31.4 Å². The normalized spacial score (nSPS) is 14.8. The van der Waals surface area contributed by atoms with Crippen LogP contribution in [0.2, 0.25) is 0 Å². The second-order valence-electron chi connectivity index (χ2n) is 7.26. The van der Waals surface area contributed by atoms with Crippen LogP contribution < -0.4 is 5.56 Å². The van der Waals surface area contributed by atoms with E-state index < -0.39 is 0 Å². The van der Waals surface area contributed by atoms with Crippen molar-refractivity contribution in [3.8, 4) is 0 Å². The second kappa shape index (κ2) is 7.80. The van der Waals surface area contributed by atoms with Crippen LogP contribution in [0, 0.1) is 0 Å². The predicted octanol–water partition coefficient (Wildman–Crippen LogP) is 3.87. The fraction of sp³-hybridized carbons (Fsp3) is 0.318. The molecule has 1 heterocycles. The smallest absolute Gasteiger partial charge is 0.262 e. The summed E-state index contributed by atoms with van der Waals surface area (Å²) in [6, 6.07) is 17.6. The van der Waals surface area contributed by atoms with Crippen molar-refractivity contribution >= 4 is 28.6 Å². The van der Waals surface area contributed by atoms with Gasteiger partial charge in [0, 0.05) is 19.6 Å². The number of carbonyl (C=O) groups is 1. The van der Waals surface area contributed by atoms with Gasteiger partial charge in [-0.1, -0.05) is 54.2 Å². The van der Waals surface area contributed by atoms with Crippen LogP contribution in [0.5, 0.6) is 0 Å². The van der Waals surface area contributed by atoms with Gasteiger partial charge in [-0.3, -0.25) is 14.2 Å². The Kier molecular flexibility index (Phi) is 5.22. The van der Waals surface area contributed by atoms with E-state index in [-0.39, 0.29) is 22.8 Å². The average Bonchev–Trinajstić information content (AvgIpc) is 3.53. The third-order valence-electron chi connectivity index (χ3n) is 4.96. The highest BCUT2D eigenvalue weighted by Gasteiger charge is 2.30. The van der Waals surface area contributed by atoms with Gasteiger partial charge in [0.1, 0.15) is 0 Å². The molecule has 0 aliphatic heterocycles. The minimum absolute atomic E-state index is 0.00658. The zero-order valence-electron chi connectivity index (χ0n) is 16.0. The molecular formula is C22H23N3O2S. The number of thioether (sulfide) groups is 1. The second-order valence-corrected chi connectivity index (χ2v) is 8.57. The Bertz CT molecular complexity index is 1060. The van der Waals surface area contributed by atoms with E-state index in [2.05, 4.69) is 0 Å². The van der Waals surface area contributed by atoms with Crippen LogP contribution in [-0.2, 0) is 11.3 Å². The highest BCUT2D eigenvalue weighted by Crippen LogP contribution is 2.37. The highest BCUT2D eigenvalue weighted by molar-refractivity contribution is 8.00. The number of carbonyl (C=O) groups excluding carboxylic acids is 1. The van der Waals surface area contributed by atoms with E-state index in [1.807, 2.05) is 68.6 Å². The van der Waals surface area contributed by atoms with E-state index in [9.17, 15) is 9.59 Å². The third-order valence-corrected chi connectivity index (χ3v) is 6.01. The Balaban J connectivity index is 1.58. The number of amides is 1. The molecule has 2 aromatic carbocycles. The number of benzene rings is 2. The molecule has 0 spiro atoms. The minimum Gasteiger partial charge on any atom is -0.340 e. The van der Waals surface area contributed by atoms with Gasteiger partial charge in [-0.05, 0) is 37.5 Å². The quantitative estimate of drug-likeness (QED) is 0.471. The number of aromatic nitrogens is 2. The molecule has 0 radical (unpaired) electrons. The first kappa shape index (κ1) is 18.7. The third kappa shape index (κ3) is 3.83. The maximum Gasteiger partial charge on any atom is 0.262 e. The fourth-order valence-corrected chi connectivity index (χ4v) is 4.41. The summed E-state index contributed by atoms with van der Waals surface area (Å²) < 4.78 is 1.79. The molecule has 6 heteroatoms. The van der Waals surface area contributed by atoms with Crippen molar-refractivity contribution in [3.63, 3.8) is 0 Å². The van der Waals surface area contributed by atoms with Crippen LogP contribution in [0.15, 0.2) is 64.5 Å². The van der Waals surface area contributed by atoms with Crippen LogP contribution in [0.25, 0.3) is 10.9 Å². The molecule has 144 valence electrons. The lowest BCUT2D eigenvalue weighted by atomic mass is 10.2. The Morgan fingerprint density at radius 1 is 1.18 bits per heavy atom. The lowest BCUT2D eigenvalue weighted by molar-refractivity contribution is -0.129. The highest BCUT2D eigenvalue weighted by atomic mass is 32.2.